The molecule has 2 aliphatic rings. The normalized spacial score (nSPS) is 20.2. The van der Waals surface area contributed by atoms with Gasteiger partial charge in [0.1, 0.15) is 6.20 Å². The van der Waals surface area contributed by atoms with Crippen molar-refractivity contribution in [3.8, 4) is 0 Å². The van der Waals surface area contributed by atoms with Crippen molar-refractivity contribution in [3.05, 3.63) is 83.9 Å². The highest BCUT2D eigenvalue weighted by atomic mass is 35.5. The van der Waals surface area contributed by atoms with Crippen LogP contribution in [0.25, 0.3) is 0 Å². The largest absolute Gasteiger partial charge is 1.00 e. The minimum Gasteiger partial charge on any atom is -1.00 e. The number of nitrogens with two attached hydrogens (primary N) is 2. The van der Waals surface area contributed by atoms with Gasteiger partial charge in [0.15, 0.2) is 0 Å². The van der Waals surface area contributed by atoms with Crippen LogP contribution in [0.5, 0.6) is 0 Å². The van der Waals surface area contributed by atoms with Crippen molar-refractivity contribution in [1.29, 1.82) is 0 Å². The Labute approximate surface area is 172 Å². The van der Waals surface area contributed by atoms with E-state index in [1.807, 2.05) is 11.3 Å². The van der Waals surface area contributed by atoms with Crippen molar-refractivity contribution >= 4 is 12.4 Å². The minimum atomic E-state index is 0. The number of hydrogen-bond acceptors (Lipinski definition) is 5. The summed E-state index contributed by atoms with van der Waals surface area (Å²) < 4.78 is 0. The van der Waals surface area contributed by atoms with Gasteiger partial charge in [-0.1, -0.05) is 60.7 Å². The van der Waals surface area contributed by atoms with Crippen LogP contribution in [0.1, 0.15) is 17.2 Å². The minimum absolute atomic E-state index is 0. The topological polar surface area (TPSA) is 61.6 Å². The van der Waals surface area contributed by atoms with E-state index in [-0.39, 0.29) is 24.8 Å². The number of rotatable bonds is 4. The van der Waals surface area contributed by atoms with Crippen molar-refractivity contribution in [2.45, 2.75) is 12.6 Å². The summed E-state index contributed by atoms with van der Waals surface area (Å²) in [5, 5.41) is 4.24. The first kappa shape index (κ1) is 21.3. The van der Waals surface area contributed by atoms with Crippen molar-refractivity contribution in [3.63, 3.8) is 0 Å². The molecule has 27 heavy (non-hydrogen) atoms. The summed E-state index contributed by atoms with van der Waals surface area (Å²) >= 11 is 0. The Morgan fingerprint density at radius 3 is 2.30 bits per heavy atom. The molecule has 2 aromatic carbocycles. The Hall–Kier alpha value is -1.96. The third-order valence-corrected chi connectivity index (χ3v) is 4.77. The summed E-state index contributed by atoms with van der Waals surface area (Å²) in [5.74, 6) is 0.433. The predicted molar refractivity (Wildman–Crippen MR) is 102 cm³/mol. The Balaban J connectivity index is 0.00000131. The van der Waals surface area contributed by atoms with Crippen molar-refractivity contribution in [1.82, 2.24) is 15.0 Å². The van der Waals surface area contributed by atoms with Gasteiger partial charge in [-0.25, -0.2) is 0 Å². The maximum atomic E-state index is 5.74. The van der Waals surface area contributed by atoms with Crippen molar-refractivity contribution in [2.24, 2.45) is 5.73 Å². The molecule has 6 nitrogen and oxygen atoms in total. The number of piperazine rings is 1. The molecule has 0 aliphatic carbocycles. The van der Waals surface area contributed by atoms with Crippen LogP contribution in [-0.4, -0.2) is 34.7 Å². The van der Waals surface area contributed by atoms with E-state index in [1.165, 1.54) is 11.1 Å². The fraction of sp³-hybridized carbons (Fsp3) is 0.263. The lowest BCUT2D eigenvalue weighted by molar-refractivity contribution is -0.990. The van der Waals surface area contributed by atoms with Gasteiger partial charge in [0, 0.05) is 32.2 Å². The van der Waals surface area contributed by atoms with E-state index in [0.717, 1.165) is 26.2 Å². The predicted octanol–water partition coefficient (Wildman–Crippen LogP) is -1.63. The van der Waals surface area contributed by atoms with Gasteiger partial charge in [-0.2, -0.15) is 5.01 Å². The van der Waals surface area contributed by atoms with Gasteiger partial charge in [-0.15, -0.1) is 17.5 Å². The van der Waals surface area contributed by atoms with Gasteiger partial charge in [-0.3, -0.25) is 9.74 Å². The standard InChI is InChI=1S/C19H23N5O.2ClH/c20-19-15-24(21-25-19)23-12-11-22(13-16-7-3-1-4-8-16)18(14-23)17-9-5-2-6-10-17;;/h1-10,15,18,21H,11-14,20H2;2*1H. The number of nitrogens with zero attached hydrogens (tertiary/aromatic N) is 3. The van der Waals surface area contributed by atoms with Crippen molar-refractivity contribution < 1.29 is 22.8 Å². The zero-order valence-corrected chi connectivity index (χ0v) is 16.5. The highest BCUT2D eigenvalue weighted by molar-refractivity contribution is 5.85. The first-order valence-corrected chi connectivity index (χ1v) is 8.63. The third-order valence-electron chi connectivity index (χ3n) is 4.77. The summed E-state index contributed by atoms with van der Waals surface area (Å²) in [4.78, 5) is 7.81. The molecule has 0 spiro atoms. The van der Waals surface area contributed by atoms with Crippen molar-refractivity contribution in [2.75, 3.05) is 19.6 Å². The lowest BCUT2D eigenvalue weighted by Crippen LogP contribution is -3.00. The zero-order valence-electron chi connectivity index (χ0n) is 14.9. The second-order valence-electron chi connectivity index (χ2n) is 6.43. The van der Waals surface area contributed by atoms with Crippen LogP contribution in [0.4, 0.5) is 0 Å². The van der Waals surface area contributed by atoms with Crippen LogP contribution >= 0.6 is 12.4 Å². The Morgan fingerprint density at radius 2 is 1.67 bits per heavy atom. The highest BCUT2D eigenvalue weighted by Crippen LogP contribution is 2.27. The second kappa shape index (κ2) is 9.82. The first-order valence-electron chi connectivity index (χ1n) is 8.63. The van der Waals surface area contributed by atoms with Gasteiger partial charge < -0.3 is 18.1 Å². The Kier molecular flexibility index (Phi) is 7.77. The Morgan fingerprint density at radius 1 is 1.00 bits per heavy atom. The summed E-state index contributed by atoms with van der Waals surface area (Å²) in [7, 11) is 0. The van der Waals surface area contributed by atoms with Crippen LogP contribution in [0.2, 0.25) is 0 Å². The molecule has 0 amide bonds. The summed E-state index contributed by atoms with van der Waals surface area (Å²) in [5.41, 5.74) is 10.1. The highest BCUT2D eigenvalue weighted by Gasteiger charge is 2.33. The molecule has 4 rings (SSSR count). The van der Waals surface area contributed by atoms with Gasteiger partial charge in [0.05, 0.1) is 0 Å². The number of benzene rings is 2. The zero-order chi connectivity index (χ0) is 17.1. The van der Waals surface area contributed by atoms with E-state index < -0.39 is 0 Å². The third kappa shape index (κ3) is 5.06. The first-order chi connectivity index (χ1) is 12.3. The molecule has 8 heteroatoms. The fourth-order valence-electron chi connectivity index (χ4n) is 3.47. The molecule has 0 radical (unpaired) electrons. The molecule has 2 aliphatic heterocycles. The second-order valence-corrected chi connectivity index (χ2v) is 6.43. The van der Waals surface area contributed by atoms with Gasteiger partial charge >= 0.3 is 0 Å². The van der Waals surface area contributed by atoms with Crippen LogP contribution in [0.3, 0.4) is 0 Å². The summed E-state index contributed by atoms with van der Waals surface area (Å²) in [6.45, 7) is 3.75. The van der Waals surface area contributed by atoms with E-state index in [2.05, 4.69) is 70.6 Å². The molecular weight excluding hydrogens is 385 g/mol. The molecule has 4 N–H and O–H groups in total. The quantitative estimate of drug-likeness (QED) is 0.593. The maximum Gasteiger partial charge on any atom is 0.279 e. The van der Waals surface area contributed by atoms with E-state index >= 15 is 0 Å². The molecule has 1 unspecified atom stereocenters. The summed E-state index contributed by atoms with van der Waals surface area (Å²) in [6.07, 6.45) is 1.83. The maximum absolute atomic E-state index is 5.74. The van der Waals surface area contributed by atoms with Gasteiger partial charge in [-0.05, 0) is 16.7 Å². The lowest BCUT2D eigenvalue weighted by Gasteiger charge is -2.42. The van der Waals surface area contributed by atoms with Crippen LogP contribution in [0.15, 0.2) is 72.7 Å². The van der Waals surface area contributed by atoms with Crippen LogP contribution in [-0.2, 0) is 11.4 Å². The average molecular weight is 410 g/mol. The number of hydrazine groups is 1. The number of quaternary nitrogens is 1. The van der Waals surface area contributed by atoms with E-state index in [1.54, 1.807) is 5.59 Å². The SMILES string of the molecule is Cl.NC1=CN(N2CCN(Cc3ccccc3)C(c3ccccc3)C2)[NH2+]O1.[Cl-]. The van der Waals surface area contributed by atoms with Crippen LogP contribution in [0, 0.1) is 0 Å². The Bertz CT molecular complexity index is 731. The molecule has 2 heterocycles. The molecule has 2 aromatic rings. The summed E-state index contributed by atoms with van der Waals surface area (Å²) in [6, 6.07) is 21.7. The number of hydrogen-bond donors (Lipinski definition) is 2. The molecule has 0 aromatic heterocycles. The van der Waals surface area contributed by atoms with Gasteiger partial charge in [0.25, 0.3) is 5.88 Å². The molecule has 1 fully saturated rings. The molecular formula is C19H25Cl2N5O. The monoisotopic (exact) mass is 409 g/mol. The molecule has 0 saturated carbocycles. The van der Waals surface area contributed by atoms with E-state index in [4.69, 9.17) is 10.6 Å². The molecule has 1 atom stereocenters. The smallest absolute Gasteiger partial charge is 0.279 e. The van der Waals surface area contributed by atoms with Crippen LogP contribution < -0.4 is 23.7 Å². The molecule has 0 bridgehead atoms. The van der Waals surface area contributed by atoms with E-state index in [9.17, 15) is 0 Å². The van der Waals surface area contributed by atoms with Gasteiger partial charge in [0.2, 0.25) is 0 Å². The number of halogens is 2. The van der Waals surface area contributed by atoms with E-state index in [0.29, 0.717) is 11.9 Å². The molecule has 146 valence electrons. The molecule has 1 saturated heterocycles. The fourth-order valence-corrected chi connectivity index (χ4v) is 3.47. The lowest BCUT2D eigenvalue weighted by atomic mass is 10.0. The average Bonchev–Trinajstić information content (AvgIpc) is 3.10.